The van der Waals surface area contributed by atoms with Gasteiger partial charge in [0.1, 0.15) is 11.5 Å². The highest BCUT2D eigenvalue weighted by Crippen LogP contribution is 2.25. The van der Waals surface area contributed by atoms with Gasteiger partial charge in [-0.1, -0.05) is 27.5 Å². The number of carbonyl (C=O) groups is 1. The number of Topliss-reactive ketones (excluding diaryl/α,β-unsaturated/α-hetero) is 1. The van der Waals surface area contributed by atoms with Crippen molar-refractivity contribution >= 4 is 33.3 Å². The molecule has 0 saturated carbocycles. The lowest BCUT2D eigenvalue weighted by atomic mass is 10.1. The number of halogens is 2. The van der Waals surface area contributed by atoms with E-state index < -0.39 is 0 Å². The minimum Gasteiger partial charge on any atom is -0.495 e. The fourth-order valence-electron chi connectivity index (χ4n) is 1.60. The van der Waals surface area contributed by atoms with Crippen molar-refractivity contribution in [3.63, 3.8) is 0 Å². The van der Waals surface area contributed by atoms with E-state index in [2.05, 4.69) is 15.9 Å². The number of rotatable bonds is 5. The van der Waals surface area contributed by atoms with Crippen LogP contribution in [0, 0.1) is 0 Å². The highest BCUT2D eigenvalue weighted by molar-refractivity contribution is 9.10. The van der Waals surface area contributed by atoms with Crippen LogP contribution in [-0.2, 0) is 0 Å². The third-order valence-electron chi connectivity index (χ3n) is 2.66. The first-order valence-electron chi connectivity index (χ1n) is 5.85. The zero-order valence-electron chi connectivity index (χ0n) is 10.7. The molecule has 0 N–H and O–H groups in total. The molecular weight excluding hydrogens is 344 g/mol. The van der Waals surface area contributed by atoms with E-state index in [1.807, 2.05) is 12.1 Å². The van der Waals surface area contributed by atoms with Crippen LogP contribution < -0.4 is 9.47 Å². The molecule has 0 radical (unpaired) electrons. The number of methoxy groups -OCH3 is 1. The molecule has 0 amide bonds. The minimum absolute atomic E-state index is 0.0374. The highest BCUT2D eigenvalue weighted by atomic mass is 79.9. The van der Waals surface area contributed by atoms with E-state index in [0.717, 1.165) is 4.47 Å². The Morgan fingerprint density at radius 1 is 1.20 bits per heavy atom. The van der Waals surface area contributed by atoms with Crippen molar-refractivity contribution in [1.29, 1.82) is 0 Å². The zero-order chi connectivity index (χ0) is 14.5. The molecule has 0 unspecified atom stereocenters. The normalized spacial score (nSPS) is 10.2. The third-order valence-corrected chi connectivity index (χ3v) is 3.48. The molecule has 0 spiro atoms. The van der Waals surface area contributed by atoms with Crippen molar-refractivity contribution in [2.45, 2.75) is 0 Å². The molecule has 2 rings (SSSR count). The quantitative estimate of drug-likeness (QED) is 0.747. The predicted octanol–water partition coefficient (Wildman–Crippen LogP) is 4.37. The van der Waals surface area contributed by atoms with Crippen LogP contribution >= 0.6 is 27.5 Å². The smallest absolute Gasteiger partial charge is 0.200 e. The fourth-order valence-corrected chi connectivity index (χ4v) is 2.12. The van der Waals surface area contributed by atoms with Crippen LogP contribution in [-0.4, -0.2) is 19.5 Å². The van der Waals surface area contributed by atoms with Gasteiger partial charge in [0, 0.05) is 10.0 Å². The maximum absolute atomic E-state index is 12.0. The Morgan fingerprint density at radius 3 is 2.50 bits per heavy atom. The summed E-state index contributed by atoms with van der Waals surface area (Å²) >= 11 is 9.32. The second-order valence-electron chi connectivity index (χ2n) is 4.02. The van der Waals surface area contributed by atoms with Crippen LogP contribution in [0.2, 0.25) is 5.02 Å². The van der Waals surface area contributed by atoms with Crippen LogP contribution in [0.25, 0.3) is 0 Å². The number of carbonyl (C=O) groups excluding carboxylic acids is 1. The van der Waals surface area contributed by atoms with Gasteiger partial charge in [-0.3, -0.25) is 4.79 Å². The van der Waals surface area contributed by atoms with Crippen molar-refractivity contribution in [3.05, 3.63) is 57.5 Å². The van der Waals surface area contributed by atoms with Gasteiger partial charge in [-0.05, 0) is 42.5 Å². The Bertz CT molecular complexity index is 611. The predicted molar refractivity (Wildman–Crippen MR) is 82.0 cm³/mol. The summed E-state index contributed by atoms with van der Waals surface area (Å²) in [7, 11) is 1.53. The number of hydrogen-bond acceptors (Lipinski definition) is 3. The second kappa shape index (κ2) is 6.77. The molecule has 0 saturated heterocycles. The van der Waals surface area contributed by atoms with Crippen LogP contribution in [0.3, 0.4) is 0 Å². The first-order valence-corrected chi connectivity index (χ1v) is 7.02. The summed E-state index contributed by atoms with van der Waals surface area (Å²) in [6.45, 7) is -0.0374. The Morgan fingerprint density at radius 2 is 1.90 bits per heavy atom. The van der Waals surface area contributed by atoms with Gasteiger partial charge in [-0.2, -0.15) is 0 Å². The minimum atomic E-state index is -0.141. The highest BCUT2D eigenvalue weighted by Gasteiger charge is 2.10. The van der Waals surface area contributed by atoms with E-state index in [0.29, 0.717) is 22.1 Å². The summed E-state index contributed by atoms with van der Waals surface area (Å²) in [5.41, 5.74) is 0.493. The Labute approximate surface area is 130 Å². The molecule has 0 fully saturated rings. The molecule has 0 aromatic heterocycles. The van der Waals surface area contributed by atoms with E-state index in [1.165, 1.54) is 7.11 Å². The maximum atomic E-state index is 12.0. The molecule has 3 nitrogen and oxygen atoms in total. The topological polar surface area (TPSA) is 35.5 Å². The monoisotopic (exact) mass is 354 g/mol. The first kappa shape index (κ1) is 14.9. The molecule has 20 heavy (non-hydrogen) atoms. The van der Waals surface area contributed by atoms with E-state index in [1.54, 1.807) is 30.3 Å². The standard InChI is InChI=1S/C15H12BrClO3/c1-19-15-7-2-10(8-13(15)17)14(18)9-20-12-5-3-11(16)4-6-12/h2-8H,9H2,1H3. The Kier molecular flexibility index (Phi) is 5.04. The Hall–Kier alpha value is -1.52. The molecule has 0 atom stereocenters. The van der Waals surface area contributed by atoms with Crippen molar-refractivity contribution in [3.8, 4) is 11.5 Å². The van der Waals surface area contributed by atoms with Gasteiger partial charge in [-0.15, -0.1) is 0 Å². The molecule has 5 heteroatoms. The summed E-state index contributed by atoms with van der Waals surface area (Å²) < 4.78 is 11.4. The van der Waals surface area contributed by atoms with Crippen molar-refractivity contribution in [2.24, 2.45) is 0 Å². The van der Waals surface area contributed by atoms with Crippen LogP contribution in [0.1, 0.15) is 10.4 Å². The number of benzene rings is 2. The summed E-state index contributed by atoms with van der Waals surface area (Å²) in [5, 5.41) is 0.405. The molecule has 2 aromatic rings. The summed E-state index contributed by atoms with van der Waals surface area (Å²) in [4.78, 5) is 12.0. The van der Waals surface area contributed by atoms with Crippen LogP contribution in [0.15, 0.2) is 46.9 Å². The second-order valence-corrected chi connectivity index (χ2v) is 5.34. The molecule has 104 valence electrons. The lowest BCUT2D eigenvalue weighted by Crippen LogP contribution is -2.11. The lowest BCUT2D eigenvalue weighted by molar-refractivity contribution is 0.0921. The number of ether oxygens (including phenoxy) is 2. The largest absolute Gasteiger partial charge is 0.495 e. The summed E-state index contributed by atoms with van der Waals surface area (Å²) in [6, 6.07) is 12.2. The molecular formula is C15H12BrClO3. The molecule has 0 aliphatic heterocycles. The molecule has 0 aliphatic carbocycles. The Balaban J connectivity index is 2.01. The van der Waals surface area contributed by atoms with Gasteiger partial charge in [-0.25, -0.2) is 0 Å². The average Bonchev–Trinajstić information content (AvgIpc) is 2.46. The molecule has 2 aromatic carbocycles. The van der Waals surface area contributed by atoms with E-state index >= 15 is 0 Å². The van der Waals surface area contributed by atoms with Crippen LogP contribution in [0.4, 0.5) is 0 Å². The number of ketones is 1. The van der Waals surface area contributed by atoms with Gasteiger partial charge in [0.05, 0.1) is 12.1 Å². The van der Waals surface area contributed by atoms with Crippen molar-refractivity contribution in [2.75, 3.05) is 13.7 Å². The summed E-state index contributed by atoms with van der Waals surface area (Å²) in [6.07, 6.45) is 0. The van der Waals surface area contributed by atoms with Gasteiger partial charge in [0.15, 0.2) is 12.4 Å². The lowest BCUT2D eigenvalue weighted by Gasteiger charge is -2.07. The van der Waals surface area contributed by atoms with E-state index in [9.17, 15) is 4.79 Å². The van der Waals surface area contributed by atoms with Gasteiger partial charge < -0.3 is 9.47 Å². The molecule has 0 bridgehead atoms. The van der Waals surface area contributed by atoms with Crippen LogP contribution in [0.5, 0.6) is 11.5 Å². The fraction of sp³-hybridized carbons (Fsp3) is 0.133. The third kappa shape index (κ3) is 3.74. The van der Waals surface area contributed by atoms with E-state index in [4.69, 9.17) is 21.1 Å². The number of hydrogen-bond donors (Lipinski definition) is 0. The van der Waals surface area contributed by atoms with Gasteiger partial charge in [0.25, 0.3) is 0 Å². The average molecular weight is 356 g/mol. The maximum Gasteiger partial charge on any atom is 0.200 e. The van der Waals surface area contributed by atoms with Gasteiger partial charge in [0.2, 0.25) is 0 Å². The SMILES string of the molecule is COc1ccc(C(=O)COc2ccc(Br)cc2)cc1Cl. The zero-order valence-corrected chi connectivity index (χ0v) is 13.1. The van der Waals surface area contributed by atoms with Crippen molar-refractivity contribution in [1.82, 2.24) is 0 Å². The van der Waals surface area contributed by atoms with E-state index in [-0.39, 0.29) is 12.4 Å². The summed E-state index contributed by atoms with van der Waals surface area (Å²) in [5.74, 6) is 1.04. The van der Waals surface area contributed by atoms with Crippen molar-refractivity contribution < 1.29 is 14.3 Å². The first-order chi connectivity index (χ1) is 9.60. The molecule has 0 aliphatic rings. The van der Waals surface area contributed by atoms with Gasteiger partial charge >= 0.3 is 0 Å². The molecule has 0 heterocycles.